The molecule has 0 N–H and O–H groups in total. The van der Waals surface area contributed by atoms with Crippen molar-refractivity contribution >= 4 is 11.8 Å². The van der Waals surface area contributed by atoms with Crippen LogP contribution in [0, 0.1) is 17.7 Å². The summed E-state index contributed by atoms with van der Waals surface area (Å²) in [5, 5.41) is 0. The number of rotatable bonds is 4. The van der Waals surface area contributed by atoms with Gasteiger partial charge in [0.25, 0.3) is 5.91 Å². The van der Waals surface area contributed by atoms with E-state index in [1.165, 1.54) is 24.3 Å². The van der Waals surface area contributed by atoms with Gasteiger partial charge in [-0.1, -0.05) is 13.8 Å². The molecule has 0 spiro atoms. The van der Waals surface area contributed by atoms with Crippen molar-refractivity contribution in [2.45, 2.75) is 26.7 Å². The van der Waals surface area contributed by atoms with Crippen LogP contribution in [0.3, 0.4) is 0 Å². The minimum Gasteiger partial charge on any atom is -0.345 e. The van der Waals surface area contributed by atoms with Crippen molar-refractivity contribution in [3.8, 4) is 0 Å². The van der Waals surface area contributed by atoms with Gasteiger partial charge in [0.2, 0.25) is 5.91 Å². The summed E-state index contributed by atoms with van der Waals surface area (Å²) < 4.78 is 13.0. The van der Waals surface area contributed by atoms with E-state index < -0.39 is 0 Å². The Labute approximate surface area is 137 Å². The van der Waals surface area contributed by atoms with Gasteiger partial charge < -0.3 is 9.80 Å². The van der Waals surface area contributed by atoms with E-state index in [-0.39, 0.29) is 23.5 Å². The highest BCUT2D eigenvalue weighted by atomic mass is 19.1. The minimum atomic E-state index is -0.358. The van der Waals surface area contributed by atoms with Gasteiger partial charge >= 0.3 is 0 Å². The Hall–Kier alpha value is -1.91. The molecule has 0 radical (unpaired) electrons. The predicted molar refractivity (Wildman–Crippen MR) is 87.5 cm³/mol. The van der Waals surface area contributed by atoms with Gasteiger partial charge in [0, 0.05) is 32.2 Å². The van der Waals surface area contributed by atoms with E-state index in [2.05, 4.69) is 13.8 Å². The second kappa shape index (κ2) is 7.57. The Morgan fingerprint density at radius 3 is 2.57 bits per heavy atom. The molecular formula is C18H25FN2O2. The minimum absolute atomic E-state index is 0.107. The molecule has 1 unspecified atom stereocenters. The van der Waals surface area contributed by atoms with Crippen LogP contribution < -0.4 is 0 Å². The van der Waals surface area contributed by atoms with Gasteiger partial charge in [-0.2, -0.15) is 0 Å². The van der Waals surface area contributed by atoms with Crippen molar-refractivity contribution in [2.24, 2.45) is 11.8 Å². The molecule has 1 aromatic carbocycles. The molecule has 0 aliphatic carbocycles. The molecule has 1 aliphatic heterocycles. The third kappa shape index (κ3) is 4.53. The maximum atomic E-state index is 13.0. The Morgan fingerprint density at radius 2 is 1.96 bits per heavy atom. The SMILES string of the molecule is CC(C)CN(C)C(=O)C1CCCN(C(=O)c2ccc(F)cc2)C1. The van der Waals surface area contributed by atoms with Gasteiger partial charge in [-0.15, -0.1) is 0 Å². The molecule has 2 rings (SSSR count). The van der Waals surface area contributed by atoms with Crippen LogP contribution >= 0.6 is 0 Å². The van der Waals surface area contributed by atoms with E-state index >= 15 is 0 Å². The third-order valence-electron chi connectivity index (χ3n) is 4.16. The summed E-state index contributed by atoms with van der Waals surface area (Å²) in [6.45, 7) is 5.97. The topological polar surface area (TPSA) is 40.6 Å². The van der Waals surface area contributed by atoms with E-state index in [1.54, 1.807) is 9.80 Å². The molecular weight excluding hydrogens is 295 g/mol. The molecule has 1 heterocycles. The van der Waals surface area contributed by atoms with Crippen LogP contribution in [-0.4, -0.2) is 48.3 Å². The number of halogens is 1. The zero-order valence-corrected chi connectivity index (χ0v) is 14.1. The molecule has 2 amide bonds. The molecule has 5 heteroatoms. The third-order valence-corrected chi connectivity index (χ3v) is 4.16. The van der Waals surface area contributed by atoms with Crippen molar-refractivity contribution in [1.29, 1.82) is 0 Å². The molecule has 4 nitrogen and oxygen atoms in total. The van der Waals surface area contributed by atoms with E-state index in [9.17, 15) is 14.0 Å². The van der Waals surface area contributed by atoms with E-state index in [4.69, 9.17) is 0 Å². The molecule has 0 aromatic heterocycles. The van der Waals surface area contributed by atoms with Crippen LogP contribution in [0.1, 0.15) is 37.0 Å². The first-order chi connectivity index (χ1) is 10.9. The number of nitrogens with zero attached hydrogens (tertiary/aromatic N) is 2. The van der Waals surface area contributed by atoms with E-state index in [1.807, 2.05) is 7.05 Å². The zero-order valence-electron chi connectivity index (χ0n) is 14.1. The zero-order chi connectivity index (χ0) is 17.0. The summed E-state index contributed by atoms with van der Waals surface area (Å²) in [5.41, 5.74) is 0.468. The van der Waals surface area contributed by atoms with E-state index in [0.717, 1.165) is 19.4 Å². The van der Waals surface area contributed by atoms with Crippen LogP contribution in [0.2, 0.25) is 0 Å². The quantitative estimate of drug-likeness (QED) is 0.856. The highest BCUT2D eigenvalue weighted by Gasteiger charge is 2.30. The lowest BCUT2D eigenvalue weighted by Crippen LogP contribution is -2.46. The monoisotopic (exact) mass is 320 g/mol. The number of hydrogen-bond donors (Lipinski definition) is 0. The maximum absolute atomic E-state index is 13.0. The molecule has 1 aromatic rings. The Morgan fingerprint density at radius 1 is 1.30 bits per heavy atom. The second-order valence-electron chi connectivity index (χ2n) is 6.71. The first-order valence-corrected chi connectivity index (χ1v) is 8.18. The summed E-state index contributed by atoms with van der Waals surface area (Å²) in [4.78, 5) is 28.5. The molecule has 1 fully saturated rings. The summed E-state index contributed by atoms with van der Waals surface area (Å²) in [5.74, 6) is -0.103. The summed E-state index contributed by atoms with van der Waals surface area (Å²) in [6, 6.07) is 5.56. The average Bonchev–Trinajstić information content (AvgIpc) is 2.53. The number of likely N-dealkylation sites (tertiary alicyclic amines) is 1. The number of amides is 2. The fraction of sp³-hybridized carbons (Fsp3) is 0.556. The van der Waals surface area contributed by atoms with Crippen molar-refractivity contribution in [3.63, 3.8) is 0 Å². The van der Waals surface area contributed by atoms with Gasteiger partial charge in [-0.3, -0.25) is 9.59 Å². The lowest BCUT2D eigenvalue weighted by atomic mass is 9.95. The average molecular weight is 320 g/mol. The van der Waals surface area contributed by atoms with Crippen molar-refractivity contribution in [3.05, 3.63) is 35.6 Å². The molecule has 23 heavy (non-hydrogen) atoms. The summed E-state index contributed by atoms with van der Waals surface area (Å²) in [7, 11) is 1.82. The van der Waals surface area contributed by atoms with Gasteiger partial charge in [0.15, 0.2) is 0 Å². The molecule has 0 bridgehead atoms. The van der Waals surface area contributed by atoms with Crippen molar-refractivity contribution < 1.29 is 14.0 Å². The fourth-order valence-electron chi connectivity index (χ4n) is 3.09. The Kier molecular flexibility index (Phi) is 5.74. The van der Waals surface area contributed by atoms with Crippen molar-refractivity contribution in [1.82, 2.24) is 9.80 Å². The summed E-state index contributed by atoms with van der Waals surface area (Å²) in [6.07, 6.45) is 1.63. The lowest BCUT2D eigenvalue weighted by molar-refractivity contribution is -0.136. The number of carbonyl (C=O) groups is 2. The van der Waals surface area contributed by atoms with Crippen LogP contribution in [0.15, 0.2) is 24.3 Å². The van der Waals surface area contributed by atoms with Gasteiger partial charge in [0.05, 0.1) is 5.92 Å². The second-order valence-corrected chi connectivity index (χ2v) is 6.71. The standard InChI is InChI=1S/C18H25FN2O2/c1-13(2)11-20(3)17(22)15-5-4-10-21(12-15)18(23)14-6-8-16(19)9-7-14/h6-9,13,15H,4-5,10-12H2,1-3H3. The molecule has 126 valence electrons. The number of piperidine rings is 1. The smallest absolute Gasteiger partial charge is 0.253 e. The highest BCUT2D eigenvalue weighted by molar-refractivity contribution is 5.94. The number of carbonyl (C=O) groups excluding carboxylic acids is 2. The van der Waals surface area contributed by atoms with Crippen LogP contribution in [0.5, 0.6) is 0 Å². The first-order valence-electron chi connectivity index (χ1n) is 8.18. The fourth-order valence-corrected chi connectivity index (χ4v) is 3.09. The van der Waals surface area contributed by atoms with Gasteiger partial charge in [-0.25, -0.2) is 4.39 Å². The molecule has 1 saturated heterocycles. The van der Waals surface area contributed by atoms with Crippen molar-refractivity contribution in [2.75, 3.05) is 26.7 Å². The van der Waals surface area contributed by atoms with Gasteiger partial charge in [-0.05, 0) is 43.0 Å². The maximum Gasteiger partial charge on any atom is 0.253 e. The number of benzene rings is 1. The molecule has 1 aliphatic rings. The molecule has 0 saturated carbocycles. The van der Waals surface area contributed by atoms with Crippen LogP contribution in [-0.2, 0) is 4.79 Å². The highest BCUT2D eigenvalue weighted by Crippen LogP contribution is 2.21. The van der Waals surface area contributed by atoms with Gasteiger partial charge in [0.1, 0.15) is 5.82 Å². The molecule has 1 atom stereocenters. The number of hydrogen-bond acceptors (Lipinski definition) is 2. The largest absolute Gasteiger partial charge is 0.345 e. The van der Waals surface area contributed by atoms with E-state index in [0.29, 0.717) is 24.6 Å². The predicted octanol–water partition coefficient (Wildman–Crippen LogP) is 2.79. The van der Waals surface area contributed by atoms with Crippen LogP contribution in [0.4, 0.5) is 4.39 Å². The normalized spacial score (nSPS) is 18.1. The lowest BCUT2D eigenvalue weighted by Gasteiger charge is -2.34. The summed E-state index contributed by atoms with van der Waals surface area (Å²) >= 11 is 0. The van der Waals surface area contributed by atoms with Crippen LogP contribution in [0.25, 0.3) is 0 Å². The Bertz CT molecular complexity index is 557. The first kappa shape index (κ1) is 17.4. The Balaban J connectivity index is 2.01.